The fourth-order valence-corrected chi connectivity index (χ4v) is 1.39. The zero-order chi connectivity index (χ0) is 11.0. The Hall–Kier alpha value is 0.610. The first-order chi connectivity index (χ1) is 6.42. The van der Waals surface area contributed by atoms with Crippen LogP contribution in [0.25, 0.3) is 0 Å². The SMILES string of the molecule is C=C(C)CCOCCCCS(=O)(=O)[O-].[Na+]. The molecule has 0 atom stereocenters. The summed E-state index contributed by atoms with van der Waals surface area (Å²) in [5, 5.41) is 0. The normalized spacial score (nSPS) is 10.8. The minimum absolute atomic E-state index is 0. The monoisotopic (exact) mass is 244 g/mol. The molecular weight excluding hydrogens is 227 g/mol. The van der Waals surface area contributed by atoms with Crippen LogP contribution in [-0.4, -0.2) is 31.9 Å². The molecule has 0 aliphatic carbocycles. The Morgan fingerprint density at radius 3 is 2.40 bits per heavy atom. The molecule has 0 aliphatic heterocycles. The van der Waals surface area contributed by atoms with Crippen molar-refractivity contribution in [1.29, 1.82) is 0 Å². The molecule has 84 valence electrons. The van der Waals surface area contributed by atoms with Crippen molar-refractivity contribution in [2.45, 2.75) is 26.2 Å². The zero-order valence-corrected chi connectivity index (χ0v) is 12.3. The van der Waals surface area contributed by atoms with Gasteiger partial charge in [-0.1, -0.05) is 5.57 Å². The van der Waals surface area contributed by atoms with Gasteiger partial charge in [0, 0.05) is 12.4 Å². The van der Waals surface area contributed by atoms with Crippen molar-refractivity contribution >= 4 is 10.1 Å². The van der Waals surface area contributed by atoms with Crippen molar-refractivity contribution in [2.75, 3.05) is 19.0 Å². The Balaban J connectivity index is 0. The van der Waals surface area contributed by atoms with Crippen LogP contribution < -0.4 is 29.6 Å². The number of rotatable bonds is 8. The van der Waals surface area contributed by atoms with Crippen LogP contribution >= 0.6 is 0 Å². The minimum Gasteiger partial charge on any atom is -0.748 e. The second-order valence-electron chi connectivity index (χ2n) is 3.29. The molecule has 0 saturated heterocycles. The molecule has 0 aromatic carbocycles. The summed E-state index contributed by atoms with van der Waals surface area (Å²) in [7, 11) is -4.05. The van der Waals surface area contributed by atoms with Crippen LogP contribution in [-0.2, 0) is 14.9 Å². The first kappa shape index (κ1) is 18.0. The van der Waals surface area contributed by atoms with Gasteiger partial charge in [-0.25, -0.2) is 8.42 Å². The van der Waals surface area contributed by atoms with E-state index in [2.05, 4.69) is 6.58 Å². The Morgan fingerprint density at radius 2 is 1.93 bits per heavy atom. The molecule has 0 aromatic rings. The third-order valence-corrected chi connectivity index (χ3v) is 2.39. The Labute approximate surface area is 114 Å². The minimum atomic E-state index is -4.05. The van der Waals surface area contributed by atoms with Gasteiger partial charge < -0.3 is 9.29 Å². The molecule has 15 heavy (non-hydrogen) atoms. The summed E-state index contributed by atoms with van der Waals surface area (Å²) in [6, 6.07) is 0. The van der Waals surface area contributed by atoms with E-state index in [4.69, 9.17) is 4.74 Å². The topological polar surface area (TPSA) is 66.4 Å². The third-order valence-electron chi connectivity index (χ3n) is 1.61. The number of ether oxygens (including phenoxy) is 1. The van der Waals surface area contributed by atoms with E-state index in [0.717, 1.165) is 12.0 Å². The average Bonchev–Trinajstić information content (AvgIpc) is 2.00. The molecule has 0 aliphatic rings. The van der Waals surface area contributed by atoms with Crippen LogP contribution in [0.5, 0.6) is 0 Å². The number of hydrogen-bond donors (Lipinski definition) is 0. The van der Waals surface area contributed by atoms with Gasteiger partial charge in [0.25, 0.3) is 0 Å². The van der Waals surface area contributed by atoms with Crippen molar-refractivity contribution in [1.82, 2.24) is 0 Å². The maximum Gasteiger partial charge on any atom is 1.00 e. The van der Waals surface area contributed by atoms with Crippen LogP contribution in [0.1, 0.15) is 26.2 Å². The van der Waals surface area contributed by atoms with Gasteiger partial charge in [0.05, 0.1) is 16.7 Å². The van der Waals surface area contributed by atoms with Crippen LogP contribution in [0.4, 0.5) is 0 Å². The van der Waals surface area contributed by atoms with Crippen LogP contribution in [0, 0.1) is 0 Å². The van der Waals surface area contributed by atoms with E-state index in [-0.39, 0.29) is 35.3 Å². The molecule has 0 amide bonds. The van der Waals surface area contributed by atoms with Crippen molar-refractivity contribution < 1.29 is 47.3 Å². The van der Waals surface area contributed by atoms with E-state index in [1.54, 1.807) is 0 Å². The smallest absolute Gasteiger partial charge is 0.748 e. The van der Waals surface area contributed by atoms with Gasteiger partial charge in [-0.2, -0.15) is 0 Å². The van der Waals surface area contributed by atoms with Gasteiger partial charge in [0.1, 0.15) is 0 Å². The van der Waals surface area contributed by atoms with E-state index >= 15 is 0 Å². The number of hydrogen-bond acceptors (Lipinski definition) is 4. The Morgan fingerprint density at radius 1 is 1.33 bits per heavy atom. The summed E-state index contributed by atoms with van der Waals surface area (Å²) in [4.78, 5) is 0. The van der Waals surface area contributed by atoms with E-state index in [9.17, 15) is 13.0 Å². The molecular formula is C9H17NaO4S. The molecule has 0 aromatic heterocycles. The van der Waals surface area contributed by atoms with E-state index in [1.165, 1.54) is 0 Å². The Bertz CT molecular complexity index is 261. The average molecular weight is 244 g/mol. The van der Waals surface area contributed by atoms with Gasteiger partial charge in [-0.15, -0.1) is 6.58 Å². The summed E-state index contributed by atoms with van der Waals surface area (Å²) < 4.78 is 35.8. The van der Waals surface area contributed by atoms with Crippen molar-refractivity contribution in [3.63, 3.8) is 0 Å². The summed E-state index contributed by atoms with van der Waals surface area (Å²) in [5.41, 5.74) is 1.06. The summed E-state index contributed by atoms with van der Waals surface area (Å²) in [6.45, 7) is 6.76. The molecule has 0 saturated carbocycles. The second kappa shape index (κ2) is 9.81. The molecule has 0 fully saturated rings. The van der Waals surface area contributed by atoms with Gasteiger partial charge in [0.2, 0.25) is 0 Å². The van der Waals surface area contributed by atoms with Crippen LogP contribution in [0.3, 0.4) is 0 Å². The standard InChI is InChI=1S/C9H18O4S.Na/c1-9(2)5-7-13-6-3-4-8-14(10,11)12;/h1,3-8H2,2H3,(H,10,11,12);/q;+1/p-1. The summed E-state index contributed by atoms with van der Waals surface area (Å²) in [6.07, 6.45) is 1.80. The van der Waals surface area contributed by atoms with Crippen LogP contribution in [0.15, 0.2) is 12.2 Å². The largest absolute Gasteiger partial charge is 1.00 e. The third kappa shape index (κ3) is 17.2. The van der Waals surface area contributed by atoms with E-state index in [1.807, 2.05) is 6.92 Å². The van der Waals surface area contributed by atoms with Crippen LogP contribution in [0.2, 0.25) is 0 Å². The predicted molar refractivity (Wildman–Crippen MR) is 54.0 cm³/mol. The molecule has 0 unspecified atom stereocenters. The molecule has 0 radical (unpaired) electrons. The maximum absolute atomic E-state index is 10.2. The zero-order valence-electron chi connectivity index (χ0n) is 9.49. The molecule has 0 spiro atoms. The maximum atomic E-state index is 10.2. The molecule has 0 bridgehead atoms. The Kier molecular flexibility index (Phi) is 11.8. The fraction of sp³-hybridized carbons (Fsp3) is 0.778. The van der Waals surface area contributed by atoms with Gasteiger partial charge in [0.15, 0.2) is 0 Å². The summed E-state index contributed by atoms with van der Waals surface area (Å²) in [5.74, 6) is -0.295. The molecule has 0 heterocycles. The van der Waals surface area contributed by atoms with E-state index in [0.29, 0.717) is 26.1 Å². The molecule has 4 nitrogen and oxygen atoms in total. The fourth-order valence-electron chi connectivity index (χ4n) is 0.831. The van der Waals surface area contributed by atoms with Gasteiger partial charge in [-0.05, 0) is 26.2 Å². The van der Waals surface area contributed by atoms with Gasteiger partial charge >= 0.3 is 29.6 Å². The predicted octanol–water partition coefficient (Wildman–Crippen LogP) is -1.70. The van der Waals surface area contributed by atoms with E-state index < -0.39 is 10.1 Å². The molecule has 6 heteroatoms. The number of unbranched alkanes of at least 4 members (excludes halogenated alkanes) is 1. The molecule has 0 N–H and O–H groups in total. The van der Waals surface area contributed by atoms with Crippen molar-refractivity contribution in [2.24, 2.45) is 0 Å². The first-order valence-electron chi connectivity index (χ1n) is 4.57. The van der Waals surface area contributed by atoms with Gasteiger partial charge in [-0.3, -0.25) is 0 Å². The first-order valence-corrected chi connectivity index (χ1v) is 6.15. The molecule has 0 rings (SSSR count). The van der Waals surface area contributed by atoms with Crippen molar-refractivity contribution in [3.8, 4) is 0 Å². The van der Waals surface area contributed by atoms with Crippen molar-refractivity contribution in [3.05, 3.63) is 12.2 Å². The quantitative estimate of drug-likeness (QED) is 0.221. The second-order valence-corrected chi connectivity index (χ2v) is 4.81. The summed E-state index contributed by atoms with van der Waals surface area (Å²) >= 11 is 0.